The van der Waals surface area contributed by atoms with Gasteiger partial charge in [0.2, 0.25) is 0 Å². The van der Waals surface area contributed by atoms with Gasteiger partial charge in [0.15, 0.2) is 0 Å². The fraction of sp³-hybridized carbons (Fsp3) is 1.00. The molecule has 1 saturated heterocycles. The quantitative estimate of drug-likeness (QED) is 0.661. The zero-order valence-electron chi connectivity index (χ0n) is 10.6. The summed E-state index contributed by atoms with van der Waals surface area (Å²) in [6.45, 7) is 10.4. The second-order valence-electron chi connectivity index (χ2n) is 4.92. The molecule has 1 aliphatic rings. The number of nitrogens with one attached hydrogen (secondary N) is 1. The lowest BCUT2D eigenvalue weighted by molar-refractivity contribution is 0.0377. The van der Waals surface area contributed by atoms with Crippen LogP contribution < -0.4 is 5.32 Å². The molecule has 1 atom stereocenters. The second-order valence-corrected chi connectivity index (χ2v) is 4.92. The van der Waals surface area contributed by atoms with E-state index in [4.69, 9.17) is 4.74 Å². The fourth-order valence-electron chi connectivity index (χ4n) is 2.04. The number of aliphatic hydroxyl groups is 1. The van der Waals surface area contributed by atoms with Gasteiger partial charge in [0.25, 0.3) is 0 Å². The van der Waals surface area contributed by atoms with Gasteiger partial charge in [-0.15, -0.1) is 0 Å². The summed E-state index contributed by atoms with van der Waals surface area (Å²) in [7, 11) is 0. The predicted molar refractivity (Wildman–Crippen MR) is 65.6 cm³/mol. The fourth-order valence-corrected chi connectivity index (χ4v) is 2.04. The molecule has 16 heavy (non-hydrogen) atoms. The second kappa shape index (κ2) is 8.01. The molecule has 1 rings (SSSR count). The van der Waals surface area contributed by atoms with Gasteiger partial charge in [0.05, 0.1) is 19.8 Å². The molecule has 0 radical (unpaired) electrons. The molecule has 4 heteroatoms. The van der Waals surface area contributed by atoms with Crippen molar-refractivity contribution in [3.63, 3.8) is 0 Å². The molecule has 0 bridgehead atoms. The van der Waals surface area contributed by atoms with Crippen LogP contribution in [-0.2, 0) is 4.74 Å². The van der Waals surface area contributed by atoms with Gasteiger partial charge < -0.3 is 15.2 Å². The van der Waals surface area contributed by atoms with Crippen LogP contribution in [0.1, 0.15) is 20.3 Å². The van der Waals surface area contributed by atoms with E-state index in [2.05, 4.69) is 24.1 Å². The zero-order chi connectivity index (χ0) is 11.8. The summed E-state index contributed by atoms with van der Waals surface area (Å²) in [6, 6.07) is 0.251. The highest BCUT2D eigenvalue weighted by atomic mass is 16.5. The highest BCUT2D eigenvalue weighted by molar-refractivity contribution is 4.69. The summed E-state index contributed by atoms with van der Waals surface area (Å²) in [5.41, 5.74) is 0. The Hall–Kier alpha value is -0.160. The van der Waals surface area contributed by atoms with Gasteiger partial charge in [0, 0.05) is 32.2 Å². The van der Waals surface area contributed by atoms with E-state index in [0.717, 1.165) is 45.8 Å². The van der Waals surface area contributed by atoms with E-state index in [-0.39, 0.29) is 12.6 Å². The number of rotatable bonds is 7. The third-order valence-corrected chi connectivity index (χ3v) is 2.94. The van der Waals surface area contributed by atoms with Gasteiger partial charge in [0.1, 0.15) is 0 Å². The molecule has 0 aromatic carbocycles. The maximum absolute atomic E-state index is 9.22. The van der Waals surface area contributed by atoms with Crippen molar-refractivity contribution >= 4 is 0 Å². The minimum absolute atomic E-state index is 0.237. The zero-order valence-corrected chi connectivity index (χ0v) is 10.6. The minimum atomic E-state index is 0.237. The van der Waals surface area contributed by atoms with Crippen LogP contribution >= 0.6 is 0 Å². The van der Waals surface area contributed by atoms with Crippen molar-refractivity contribution in [2.45, 2.75) is 26.3 Å². The van der Waals surface area contributed by atoms with Crippen LogP contribution in [0.4, 0.5) is 0 Å². The Morgan fingerprint density at radius 2 is 2.00 bits per heavy atom. The van der Waals surface area contributed by atoms with Crippen molar-refractivity contribution in [1.82, 2.24) is 10.2 Å². The van der Waals surface area contributed by atoms with Crippen LogP contribution in [0.2, 0.25) is 0 Å². The number of ether oxygens (including phenoxy) is 1. The standard InChI is InChI=1S/C12H26N2O2/c1-11(2)9-12(10-15)13-3-4-14-5-7-16-8-6-14/h11-13,15H,3-10H2,1-2H3. The molecule has 0 aliphatic carbocycles. The van der Waals surface area contributed by atoms with Gasteiger partial charge in [-0.05, 0) is 12.3 Å². The summed E-state index contributed by atoms with van der Waals surface area (Å²) in [4.78, 5) is 2.40. The molecular formula is C12H26N2O2. The van der Waals surface area contributed by atoms with E-state index in [1.807, 2.05) is 0 Å². The first kappa shape index (κ1) is 13.9. The van der Waals surface area contributed by atoms with Crippen molar-refractivity contribution in [3.8, 4) is 0 Å². The van der Waals surface area contributed by atoms with E-state index in [1.165, 1.54) is 0 Å². The molecule has 1 unspecified atom stereocenters. The van der Waals surface area contributed by atoms with Crippen LogP contribution in [0.25, 0.3) is 0 Å². The summed E-state index contributed by atoms with van der Waals surface area (Å²) >= 11 is 0. The third-order valence-electron chi connectivity index (χ3n) is 2.94. The Labute approximate surface area is 99.0 Å². The number of hydrogen-bond acceptors (Lipinski definition) is 4. The van der Waals surface area contributed by atoms with E-state index < -0.39 is 0 Å². The van der Waals surface area contributed by atoms with E-state index in [1.54, 1.807) is 0 Å². The van der Waals surface area contributed by atoms with Gasteiger partial charge in [-0.1, -0.05) is 13.8 Å². The Kier molecular flexibility index (Phi) is 6.96. The molecule has 0 aromatic heterocycles. The molecule has 1 aliphatic heterocycles. The molecule has 0 aromatic rings. The normalized spacial score (nSPS) is 20.2. The van der Waals surface area contributed by atoms with Gasteiger partial charge in [-0.25, -0.2) is 0 Å². The van der Waals surface area contributed by atoms with E-state index >= 15 is 0 Å². The Balaban J connectivity index is 2.07. The molecule has 0 saturated carbocycles. The van der Waals surface area contributed by atoms with Gasteiger partial charge >= 0.3 is 0 Å². The van der Waals surface area contributed by atoms with Gasteiger partial charge in [-0.2, -0.15) is 0 Å². The lowest BCUT2D eigenvalue weighted by Gasteiger charge is -2.27. The smallest absolute Gasteiger partial charge is 0.0594 e. The topological polar surface area (TPSA) is 44.7 Å². The maximum atomic E-state index is 9.22. The summed E-state index contributed by atoms with van der Waals surface area (Å²) in [5, 5.41) is 12.6. The molecule has 1 fully saturated rings. The van der Waals surface area contributed by atoms with Crippen LogP contribution in [0.15, 0.2) is 0 Å². The van der Waals surface area contributed by atoms with E-state index in [0.29, 0.717) is 5.92 Å². The highest BCUT2D eigenvalue weighted by Gasteiger charge is 2.12. The average molecular weight is 230 g/mol. The first-order valence-electron chi connectivity index (χ1n) is 6.36. The number of hydrogen-bond donors (Lipinski definition) is 2. The Morgan fingerprint density at radius 3 is 2.56 bits per heavy atom. The summed E-state index contributed by atoms with van der Waals surface area (Å²) in [6.07, 6.45) is 1.04. The van der Waals surface area contributed by atoms with Gasteiger partial charge in [-0.3, -0.25) is 4.90 Å². The van der Waals surface area contributed by atoms with Crippen molar-refractivity contribution in [2.24, 2.45) is 5.92 Å². The molecule has 96 valence electrons. The molecule has 0 amide bonds. The SMILES string of the molecule is CC(C)CC(CO)NCCN1CCOCC1. The monoisotopic (exact) mass is 230 g/mol. The lowest BCUT2D eigenvalue weighted by Crippen LogP contribution is -2.43. The van der Waals surface area contributed by atoms with Crippen molar-refractivity contribution in [3.05, 3.63) is 0 Å². The largest absolute Gasteiger partial charge is 0.395 e. The first-order valence-corrected chi connectivity index (χ1v) is 6.36. The van der Waals surface area contributed by atoms with Crippen LogP contribution in [0, 0.1) is 5.92 Å². The minimum Gasteiger partial charge on any atom is -0.395 e. The summed E-state index contributed by atoms with van der Waals surface area (Å²) in [5.74, 6) is 0.632. The van der Waals surface area contributed by atoms with Crippen LogP contribution in [0.5, 0.6) is 0 Å². The number of nitrogens with zero attached hydrogens (tertiary/aromatic N) is 1. The lowest BCUT2D eigenvalue weighted by atomic mass is 10.0. The Bertz CT molecular complexity index is 170. The highest BCUT2D eigenvalue weighted by Crippen LogP contribution is 2.04. The summed E-state index contributed by atoms with van der Waals surface area (Å²) < 4.78 is 5.30. The molecule has 1 heterocycles. The maximum Gasteiger partial charge on any atom is 0.0594 e. The number of aliphatic hydroxyl groups excluding tert-OH is 1. The molecule has 2 N–H and O–H groups in total. The van der Waals surface area contributed by atoms with Crippen molar-refractivity contribution < 1.29 is 9.84 Å². The molecule has 4 nitrogen and oxygen atoms in total. The van der Waals surface area contributed by atoms with Crippen LogP contribution in [-0.4, -0.2) is 62.0 Å². The van der Waals surface area contributed by atoms with Crippen LogP contribution in [0.3, 0.4) is 0 Å². The van der Waals surface area contributed by atoms with Crippen molar-refractivity contribution in [1.29, 1.82) is 0 Å². The van der Waals surface area contributed by atoms with Crippen molar-refractivity contribution in [2.75, 3.05) is 46.0 Å². The average Bonchev–Trinajstić information content (AvgIpc) is 2.28. The van der Waals surface area contributed by atoms with E-state index in [9.17, 15) is 5.11 Å². The molecular weight excluding hydrogens is 204 g/mol. The number of morpholine rings is 1. The predicted octanol–water partition coefficient (Wildman–Crippen LogP) is 0.315. The first-order chi connectivity index (χ1) is 7.72. The Morgan fingerprint density at radius 1 is 1.31 bits per heavy atom. The molecule has 0 spiro atoms. The third kappa shape index (κ3) is 5.80.